The first-order valence-electron chi connectivity index (χ1n) is 9.17. The van der Waals surface area contributed by atoms with Gasteiger partial charge in [-0.05, 0) is 48.9 Å². The first kappa shape index (κ1) is 16.9. The van der Waals surface area contributed by atoms with E-state index >= 15 is 0 Å². The molecule has 1 aromatic carbocycles. The first-order valence-corrected chi connectivity index (χ1v) is 9.17. The van der Waals surface area contributed by atoms with Crippen LogP contribution in [0.1, 0.15) is 31.0 Å². The first-order chi connectivity index (χ1) is 12.5. The smallest absolute Gasteiger partial charge is 0.231 e. The quantitative estimate of drug-likeness (QED) is 0.828. The number of aromatic nitrogens is 2. The number of nitrogens with zero attached hydrogens (tertiary/aromatic N) is 3. The fourth-order valence-corrected chi connectivity index (χ4v) is 3.90. The van der Waals surface area contributed by atoms with E-state index in [0.717, 1.165) is 43.1 Å². The Morgan fingerprint density at radius 3 is 2.85 bits per heavy atom. The van der Waals surface area contributed by atoms with Gasteiger partial charge in [-0.2, -0.15) is 5.10 Å². The summed E-state index contributed by atoms with van der Waals surface area (Å²) in [4.78, 5) is 14.4. The van der Waals surface area contributed by atoms with Crippen LogP contribution in [0.3, 0.4) is 0 Å². The van der Waals surface area contributed by atoms with Crippen molar-refractivity contribution in [2.45, 2.75) is 39.7 Å². The molecule has 2 aromatic rings. The summed E-state index contributed by atoms with van der Waals surface area (Å²) < 4.78 is 12.8. The van der Waals surface area contributed by atoms with Crippen LogP contribution in [0, 0.1) is 12.3 Å². The van der Waals surface area contributed by atoms with Crippen LogP contribution in [-0.2, 0) is 17.8 Å². The van der Waals surface area contributed by atoms with Crippen LogP contribution < -0.4 is 9.47 Å². The monoisotopic (exact) mass is 355 g/mol. The number of hydrogen-bond acceptors (Lipinski definition) is 4. The molecule has 0 radical (unpaired) electrons. The third kappa shape index (κ3) is 3.54. The maximum absolute atomic E-state index is 12.4. The van der Waals surface area contributed by atoms with Crippen LogP contribution in [-0.4, -0.2) is 40.5 Å². The highest BCUT2D eigenvalue weighted by molar-refractivity contribution is 5.77. The van der Waals surface area contributed by atoms with Gasteiger partial charge in [-0.25, -0.2) is 0 Å². The molecular formula is C20H25N3O3. The molecule has 1 atom stereocenters. The average molecular weight is 355 g/mol. The van der Waals surface area contributed by atoms with Gasteiger partial charge in [0.15, 0.2) is 11.5 Å². The van der Waals surface area contributed by atoms with Gasteiger partial charge in [0, 0.05) is 25.7 Å². The van der Waals surface area contributed by atoms with E-state index in [4.69, 9.17) is 9.47 Å². The van der Waals surface area contributed by atoms with E-state index in [-0.39, 0.29) is 11.3 Å². The topological polar surface area (TPSA) is 56.6 Å². The molecule has 0 aliphatic carbocycles. The molecule has 2 aliphatic rings. The average Bonchev–Trinajstić information content (AvgIpc) is 3.24. The molecular weight excluding hydrogens is 330 g/mol. The molecule has 0 N–H and O–H groups in total. The number of fused-ring (bicyclic) bond motifs is 1. The lowest BCUT2D eigenvalue weighted by Crippen LogP contribution is -2.47. The Hall–Kier alpha value is -2.50. The van der Waals surface area contributed by atoms with E-state index in [9.17, 15) is 4.79 Å². The number of benzene rings is 1. The number of carbonyl (C=O) groups excluding carboxylic acids is 1. The highest BCUT2D eigenvalue weighted by Crippen LogP contribution is 2.37. The molecule has 1 saturated heterocycles. The third-order valence-corrected chi connectivity index (χ3v) is 5.31. The number of piperidine rings is 1. The van der Waals surface area contributed by atoms with Gasteiger partial charge in [0.2, 0.25) is 12.7 Å². The van der Waals surface area contributed by atoms with Gasteiger partial charge in [-0.1, -0.05) is 13.0 Å². The second-order valence-corrected chi connectivity index (χ2v) is 7.71. The Kier molecular flexibility index (Phi) is 4.34. The highest BCUT2D eigenvalue weighted by atomic mass is 16.7. The van der Waals surface area contributed by atoms with Crippen LogP contribution in [0.5, 0.6) is 11.5 Å². The third-order valence-electron chi connectivity index (χ3n) is 5.31. The molecule has 6 nitrogen and oxygen atoms in total. The van der Waals surface area contributed by atoms with Crippen molar-refractivity contribution in [3.8, 4) is 11.5 Å². The van der Waals surface area contributed by atoms with Crippen LogP contribution in [0.25, 0.3) is 0 Å². The molecule has 138 valence electrons. The van der Waals surface area contributed by atoms with Crippen LogP contribution in [0.15, 0.2) is 30.5 Å². The molecule has 1 amide bonds. The number of carbonyl (C=O) groups is 1. The van der Waals surface area contributed by atoms with E-state index in [1.807, 2.05) is 34.8 Å². The van der Waals surface area contributed by atoms with Crippen molar-refractivity contribution in [2.24, 2.45) is 5.41 Å². The highest BCUT2D eigenvalue weighted by Gasteiger charge is 2.35. The van der Waals surface area contributed by atoms with E-state index in [0.29, 0.717) is 19.8 Å². The van der Waals surface area contributed by atoms with E-state index < -0.39 is 0 Å². The molecule has 0 bridgehead atoms. The predicted molar refractivity (Wildman–Crippen MR) is 97.2 cm³/mol. The maximum Gasteiger partial charge on any atom is 0.231 e. The van der Waals surface area contributed by atoms with Gasteiger partial charge in [-0.3, -0.25) is 9.48 Å². The van der Waals surface area contributed by atoms with Gasteiger partial charge in [-0.15, -0.1) is 0 Å². The van der Waals surface area contributed by atoms with E-state index in [2.05, 4.69) is 24.2 Å². The molecule has 1 fully saturated rings. The zero-order chi connectivity index (χ0) is 18.1. The lowest BCUT2D eigenvalue weighted by molar-refractivity contribution is -0.137. The van der Waals surface area contributed by atoms with Crippen molar-refractivity contribution in [1.82, 2.24) is 14.7 Å². The maximum atomic E-state index is 12.4. The summed E-state index contributed by atoms with van der Waals surface area (Å²) in [5, 5.41) is 4.41. The van der Waals surface area contributed by atoms with Crippen LogP contribution in [0.2, 0.25) is 0 Å². The van der Waals surface area contributed by atoms with Gasteiger partial charge >= 0.3 is 0 Å². The Balaban J connectivity index is 1.41. The van der Waals surface area contributed by atoms with Gasteiger partial charge < -0.3 is 14.4 Å². The molecule has 4 rings (SSSR count). The van der Waals surface area contributed by atoms with Crippen LogP contribution >= 0.6 is 0 Å². The van der Waals surface area contributed by atoms with E-state index in [1.165, 1.54) is 5.56 Å². The van der Waals surface area contributed by atoms with Crippen molar-refractivity contribution in [3.05, 3.63) is 41.7 Å². The predicted octanol–water partition coefficient (Wildman–Crippen LogP) is 2.79. The van der Waals surface area contributed by atoms with Gasteiger partial charge in [0.25, 0.3) is 0 Å². The Labute approximate surface area is 153 Å². The number of rotatable bonds is 5. The zero-order valence-corrected chi connectivity index (χ0v) is 15.4. The minimum absolute atomic E-state index is 0.0711. The largest absolute Gasteiger partial charge is 0.454 e. The Morgan fingerprint density at radius 1 is 1.19 bits per heavy atom. The van der Waals surface area contributed by atoms with Crippen molar-refractivity contribution >= 4 is 5.91 Å². The second-order valence-electron chi connectivity index (χ2n) is 7.71. The SMILES string of the molecule is Cc1ccn(CCN2C[C@@](C)(Cc3ccc4c(c3)OCO4)CCC2=O)n1. The number of likely N-dealkylation sites (tertiary alicyclic amines) is 1. The fraction of sp³-hybridized carbons (Fsp3) is 0.500. The molecule has 6 heteroatoms. The summed E-state index contributed by atoms with van der Waals surface area (Å²) in [6.45, 7) is 6.77. The summed E-state index contributed by atoms with van der Waals surface area (Å²) in [5.74, 6) is 1.88. The molecule has 0 saturated carbocycles. The minimum Gasteiger partial charge on any atom is -0.454 e. The van der Waals surface area contributed by atoms with E-state index in [1.54, 1.807) is 0 Å². The Bertz CT molecular complexity index is 816. The number of amides is 1. The Morgan fingerprint density at radius 2 is 2.04 bits per heavy atom. The summed E-state index contributed by atoms with van der Waals surface area (Å²) in [6.07, 6.45) is 4.42. The molecule has 2 aliphatic heterocycles. The number of aryl methyl sites for hydroxylation is 1. The zero-order valence-electron chi connectivity index (χ0n) is 15.4. The van der Waals surface area contributed by atoms with Crippen molar-refractivity contribution in [1.29, 1.82) is 0 Å². The molecule has 0 spiro atoms. The van der Waals surface area contributed by atoms with Crippen molar-refractivity contribution < 1.29 is 14.3 Å². The molecule has 26 heavy (non-hydrogen) atoms. The molecule has 0 unspecified atom stereocenters. The molecule has 3 heterocycles. The lowest BCUT2D eigenvalue weighted by Gasteiger charge is -2.40. The lowest BCUT2D eigenvalue weighted by atomic mass is 9.76. The van der Waals surface area contributed by atoms with Crippen molar-refractivity contribution in [3.63, 3.8) is 0 Å². The standard InChI is InChI=1S/C20H25N3O3/c1-15-6-8-23(21-15)10-9-22-13-20(2,7-5-19(22)24)12-16-3-4-17-18(11-16)26-14-25-17/h3-4,6,8,11H,5,7,9-10,12-14H2,1-2H3/t20-/m1/s1. The summed E-state index contributed by atoms with van der Waals surface area (Å²) >= 11 is 0. The number of hydrogen-bond donors (Lipinski definition) is 0. The second kappa shape index (κ2) is 6.67. The van der Waals surface area contributed by atoms with Gasteiger partial charge in [0.05, 0.1) is 12.2 Å². The van der Waals surface area contributed by atoms with Crippen molar-refractivity contribution in [2.75, 3.05) is 19.9 Å². The normalized spacial score (nSPS) is 22.1. The van der Waals surface area contributed by atoms with Gasteiger partial charge in [0.1, 0.15) is 0 Å². The fourth-order valence-electron chi connectivity index (χ4n) is 3.90. The summed E-state index contributed by atoms with van der Waals surface area (Å²) in [6, 6.07) is 8.14. The van der Waals surface area contributed by atoms with Crippen LogP contribution in [0.4, 0.5) is 0 Å². The summed E-state index contributed by atoms with van der Waals surface area (Å²) in [5.41, 5.74) is 2.30. The molecule has 1 aromatic heterocycles. The summed E-state index contributed by atoms with van der Waals surface area (Å²) in [7, 11) is 0. The number of ether oxygens (including phenoxy) is 2. The minimum atomic E-state index is 0.0711.